The van der Waals surface area contributed by atoms with E-state index in [0.717, 1.165) is 23.9 Å². The number of allylic oxidation sites excluding steroid dienone is 1. The van der Waals surface area contributed by atoms with Crippen molar-refractivity contribution in [1.29, 1.82) is 0 Å². The molecular formula is C16H28N2. The monoisotopic (exact) mass is 248 g/mol. The van der Waals surface area contributed by atoms with E-state index < -0.39 is 0 Å². The Kier molecular flexibility index (Phi) is 3.76. The number of likely N-dealkylation sites (tertiary alicyclic amines) is 1. The summed E-state index contributed by atoms with van der Waals surface area (Å²) in [5, 5.41) is 0. The molecule has 3 aliphatic heterocycles. The van der Waals surface area contributed by atoms with Crippen molar-refractivity contribution < 1.29 is 0 Å². The largest absolute Gasteiger partial charge is 0.303 e. The van der Waals surface area contributed by atoms with Gasteiger partial charge in [-0.1, -0.05) is 12.5 Å². The molecule has 0 N–H and O–H groups in total. The summed E-state index contributed by atoms with van der Waals surface area (Å²) in [5.41, 5.74) is 0. The van der Waals surface area contributed by atoms with Gasteiger partial charge in [-0.3, -0.25) is 4.90 Å². The Hall–Kier alpha value is -0.340. The lowest BCUT2D eigenvalue weighted by Crippen LogP contribution is -2.61. The molecule has 3 aliphatic rings. The van der Waals surface area contributed by atoms with Crippen LogP contribution >= 0.6 is 0 Å². The minimum atomic E-state index is 0.808. The van der Waals surface area contributed by atoms with Gasteiger partial charge in [-0.15, -0.1) is 6.58 Å². The van der Waals surface area contributed by atoms with E-state index in [9.17, 15) is 0 Å². The second-order valence-electron chi connectivity index (χ2n) is 6.69. The third-order valence-corrected chi connectivity index (χ3v) is 5.58. The van der Waals surface area contributed by atoms with Crippen molar-refractivity contribution in [3.05, 3.63) is 12.7 Å². The van der Waals surface area contributed by atoms with Gasteiger partial charge in [0.05, 0.1) is 0 Å². The maximum Gasteiger partial charge on any atom is 0.0136 e. The Bertz CT molecular complexity index is 299. The molecule has 0 radical (unpaired) electrons. The molecule has 3 rings (SSSR count). The zero-order chi connectivity index (χ0) is 12.5. The summed E-state index contributed by atoms with van der Waals surface area (Å²) in [4.78, 5) is 5.49. The van der Waals surface area contributed by atoms with Crippen LogP contribution < -0.4 is 0 Å². The quantitative estimate of drug-likeness (QED) is 0.709. The van der Waals surface area contributed by atoms with Crippen LogP contribution in [0.1, 0.15) is 38.5 Å². The van der Waals surface area contributed by atoms with E-state index >= 15 is 0 Å². The minimum absolute atomic E-state index is 0.808. The Morgan fingerprint density at radius 3 is 2.94 bits per heavy atom. The first-order valence-electron chi connectivity index (χ1n) is 7.84. The van der Waals surface area contributed by atoms with Crippen molar-refractivity contribution in [2.24, 2.45) is 11.8 Å². The minimum Gasteiger partial charge on any atom is -0.303 e. The van der Waals surface area contributed by atoms with Crippen molar-refractivity contribution >= 4 is 0 Å². The zero-order valence-electron chi connectivity index (χ0n) is 11.9. The fraction of sp³-hybridized carbons (Fsp3) is 0.875. The van der Waals surface area contributed by atoms with Crippen LogP contribution in [0, 0.1) is 11.8 Å². The third-order valence-electron chi connectivity index (χ3n) is 5.58. The molecule has 2 heteroatoms. The fourth-order valence-electron chi connectivity index (χ4n) is 4.78. The molecule has 2 nitrogen and oxygen atoms in total. The van der Waals surface area contributed by atoms with Gasteiger partial charge in [0.25, 0.3) is 0 Å². The number of nitrogens with zero attached hydrogens (tertiary/aromatic N) is 2. The van der Waals surface area contributed by atoms with Crippen LogP contribution in [0.4, 0.5) is 0 Å². The lowest BCUT2D eigenvalue weighted by Gasteiger charge is -2.55. The molecule has 2 bridgehead atoms. The topological polar surface area (TPSA) is 6.48 Å². The summed E-state index contributed by atoms with van der Waals surface area (Å²) < 4.78 is 0. The molecule has 4 atom stereocenters. The molecule has 0 saturated carbocycles. The van der Waals surface area contributed by atoms with Gasteiger partial charge in [-0.05, 0) is 57.5 Å². The molecule has 18 heavy (non-hydrogen) atoms. The Balaban J connectivity index is 1.70. The standard InChI is InChI=1S/C16H28N2/c1-3-4-7-15-14-10-13(11-17(15)2)16-8-5-6-9-18(16)12-14/h3,13-16H,1,4-12H2,2H3/t13-,14-,15-,16+/m0/s1. The van der Waals surface area contributed by atoms with Crippen molar-refractivity contribution in [1.82, 2.24) is 9.80 Å². The van der Waals surface area contributed by atoms with Crippen LogP contribution in [-0.2, 0) is 0 Å². The summed E-state index contributed by atoms with van der Waals surface area (Å²) in [6.07, 6.45) is 10.4. The van der Waals surface area contributed by atoms with Crippen LogP contribution in [-0.4, -0.2) is 48.6 Å². The molecule has 3 heterocycles. The fourth-order valence-corrected chi connectivity index (χ4v) is 4.78. The Morgan fingerprint density at radius 2 is 2.11 bits per heavy atom. The summed E-state index contributed by atoms with van der Waals surface area (Å²) in [5.74, 6) is 1.87. The highest BCUT2D eigenvalue weighted by Crippen LogP contribution is 2.40. The first kappa shape index (κ1) is 12.7. The van der Waals surface area contributed by atoms with Gasteiger partial charge >= 0.3 is 0 Å². The number of piperidine rings is 3. The van der Waals surface area contributed by atoms with E-state index in [-0.39, 0.29) is 0 Å². The van der Waals surface area contributed by atoms with Gasteiger partial charge in [-0.2, -0.15) is 0 Å². The number of hydrogen-bond donors (Lipinski definition) is 0. The maximum absolute atomic E-state index is 3.89. The molecule has 0 aromatic carbocycles. The van der Waals surface area contributed by atoms with Gasteiger partial charge in [0, 0.05) is 25.2 Å². The van der Waals surface area contributed by atoms with Crippen LogP contribution in [0.15, 0.2) is 12.7 Å². The summed E-state index contributed by atoms with van der Waals surface area (Å²) >= 11 is 0. The Labute approximate surface area is 112 Å². The predicted molar refractivity (Wildman–Crippen MR) is 76.7 cm³/mol. The van der Waals surface area contributed by atoms with Crippen LogP contribution in [0.2, 0.25) is 0 Å². The van der Waals surface area contributed by atoms with Gasteiger partial charge in [-0.25, -0.2) is 0 Å². The first-order chi connectivity index (χ1) is 8.79. The van der Waals surface area contributed by atoms with Gasteiger partial charge in [0.2, 0.25) is 0 Å². The number of fused-ring (bicyclic) bond motifs is 4. The molecule has 102 valence electrons. The van der Waals surface area contributed by atoms with Crippen LogP contribution in [0.25, 0.3) is 0 Å². The van der Waals surface area contributed by atoms with E-state index in [1.807, 2.05) is 0 Å². The van der Waals surface area contributed by atoms with Crippen molar-refractivity contribution in [2.75, 3.05) is 26.7 Å². The van der Waals surface area contributed by atoms with E-state index in [4.69, 9.17) is 0 Å². The van der Waals surface area contributed by atoms with E-state index in [1.54, 1.807) is 0 Å². The molecule has 0 aromatic heterocycles. The third kappa shape index (κ3) is 2.25. The zero-order valence-corrected chi connectivity index (χ0v) is 11.9. The molecule has 3 saturated heterocycles. The van der Waals surface area contributed by atoms with Crippen molar-refractivity contribution in [2.45, 2.75) is 50.6 Å². The van der Waals surface area contributed by atoms with Crippen molar-refractivity contribution in [3.63, 3.8) is 0 Å². The maximum atomic E-state index is 3.89. The highest BCUT2D eigenvalue weighted by molar-refractivity contribution is 4.99. The average molecular weight is 248 g/mol. The molecule has 0 aliphatic carbocycles. The molecule has 0 spiro atoms. The van der Waals surface area contributed by atoms with Crippen LogP contribution in [0.5, 0.6) is 0 Å². The molecular weight excluding hydrogens is 220 g/mol. The summed E-state index contributed by atoms with van der Waals surface area (Å²) in [6, 6.07) is 1.72. The number of hydrogen-bond acceptors (Lipinski definition) is 2. The average Bonchev–Trinajstić information content (AvgIpc) is 2.38. The molecule has 3 fully saturated rings. The lowest BCUT2D eigenvalue weighted by atomic mass is 9.72. The van der Waals surface area contributed by atoms with Gasteiger partial charge in [0.15, 0.2) is 0 Å². The SMILES string of the molecule is C=CCC[C@H]1[C@H]2C[C@@H](CN1C)[C@H]1CCCCN1C2. The smallest absolute Gasteiger partial charge is 0.0136 e. The van der Waals surface area contributed by atoms with E-state index in [1.165, 1.54) is 58.2 Å². The number of rotatable bonds is 3. The molecule has 0 unspecified atom stereocenters. The van der Waals surface area contributed by atoms with E-state index in [0.29, 0.717) is 0 Å². The summed E-state index contributed by atoms with van der Waals surface area (Å²) in [7, 11) is 2.35. The lowest BCUT2D eigenvalue weighted by molar-refractivity contribution is -0.0542. The second-order valence-corrected chi connectivity index (χ2v) is 6.69. The van der Waals surface area contributed by atoms with Crippen LogP contribution in [0.3, 0.4) is 0 Å². The second kappa shape index (κ2) is 5.34. The Morgan fingerprint density at radius 1 is 1.22 bits per heavy atom. The molecule has 0 amide bonds. The van der Waals surface area contributed by atoms with Gasteiger partial charge in [0.1, 0.15) is 0 Å². The predicted octanol–water partition coefficient (Wildman–Crippen LogP) is 2.76. The highest BCUT2D eigenvalue weighted by Gasteiger charge is 2.44. The van der Waals surface area contributed by atoms with E-state index in [2.05, 4.69) is 29.5 Å². The molecule has 0 aromatic rings. The highest BCUT2D eigenvalue weighted by atomic mass is 15.2. The first-order valence-corrected chi connectivity index (χ1v) is 7.84. The summed E-state index contributed by atoms with van der Waals surface area (Å²) in [6.45, 7) is 7.96. The normalized spacial score (nSPS) is 41.4. The van der Waals surface area contributed by atoms with Crippen molar-refractivity contribution in [3.8, 4) is 0 Å². The van der Waals surface area contributed by atoms with Gasteiger partial charge < -0.3 is 4.90 Å².